The fraction of sp³-hybridized carbons (Fsp3) is 0.368. The number of benzene rings is 2. The molecule has 2 nitrogen and oxygen atoms in total. The fourth-order valence-corrected chi connectivity index (χ4v) is 4.55. The number of quaternary nitrogens is 1. The first-order valence-electron chi connectivity index (χ1n) is 8.22. The van der Waals surface area contributed by atoms with Crippen molar-refractivity contribution in [3.8, 4) is 0 Å². The monoisotopic (exact) mass is 348 g/mol. The van der Waals surface area contributed by atoms with E-state index in [9.17, 15) is 0 Å². The summed E-state index contributed by atoms with van der Waals surface area (Å²) in [7, 11) is 0. The standard InChI is InChI=1S/C19H19Cl2NO/c20-16-7-3-5-14(11-16)19(15-6-4-8-17(21)12-15)22-10-2-1-9-18(22)13-23-19/h3-8,11-12,18H,1-2,9-10,13H2/p+1. The van der Waals surface area contributed by atoms with Crippen molar-refractivity contribution in [3.63, 3.8) is 0 Å². The molecule has 1 N–H and O–H groups in total. The molecule has 2 heterocycles. The van der Waals surface area contributed by atoms with Crippen LogP contribution in [-0.2, 0) is 10.5 Å². The Morgan fingerprint density at radius 1 is 0.957 bits per heavy atom. The van der Waals surface area contributed by atoms with Crippen LogP contribution < -0.4 is 4.90 Å². The van der Waals surface area contributed by atoms with Crippen LogP contribution >= 0.6 is 23.2 Å². The van der Waals surface area contributed by atoms with Gasteiger partial charge in [0.05, 0.1) is 6.54 Å². The van der Waals surface area contributed by atoms with Crippen LogP contribution in [0.25, 0.3) is 0 Å². The van der Waals surface area contributed by atoms with E-state index in [4.69, 9.17) is 27.9 Å². The molecule has 2 aliphatic rings. The zero-order valence-electron chi connectivity index (χ0n) is 12.9. The molecule has 4 rings (SSSR count). The van der Waals surface area contributed by atoms with E-state index in [1.807, 2.05) is 36.4 Å². The Bertz CT molecular complexity index is 673. The topological polar surface area (TPSA) is 13.7 Å². The number of piperidine rings is 1. The van der Waals surface area contributed by atoms with Gasteiger partial charge in [0.1, 0.15) is 12.6 Å². The lowest BCUT2D eigenvalue weighted by Crippen LogP contribution is -3.20. The molecule has 0 bridgehead atoms. The zero-order valence-corrected chi connectivity index (χ0v) is 14.4. The highest BCUT2D eigenvalue weighted by Crippen LogP contribution is 2.35. The second-order valence-corrected chi connectivity index (χ2v) is 7.35. The van der Waals surface area contributed by atoms with Gasteiger partial charge in [-0.3, -0.25) is 4.90 Å². The van der Waals surface area contributed by atoms with Crippen LogP contribution in [0.3, 0.4) is 0 Å². The summed E-state index contributed by atoms with van der Waals surface area (Å²) in [5.74, 6) is 0. The van der Waals surface area contributed by atoms with Crippen molar-refractivity contribution in [3.05, 3.63) is 69.7 Å². The number of ether oxygens (including phenoxy) is 1. The number of hydrogen-bond donors (Lipinski definition) is 1. The van der Waals surface area contributed by atoms with E-state index >= 15 is 0 Å². The summed E-state index contributed by atoms with van der Waals surface area (Å²) in [6, 6.07) is 16.7. The number of fused-ring (bicyclic) bond motifs is 1. The normalized spacial score (nSPS) is 26.0. The highest BCUT2D eigenvalue weighted by molar-refractivity contribution is 6.31. The summed E-state index contributed by atoms with van der Waals surface area (Å²) in [4.78, 5) is 1.49. The maximum atomic E-state index is 6.52. The van der Waals surface area contributed by atoms with Crippen molar-refractivity contribution in [2.45, 2.75) is 31.0 Å². The molecule has 0 aromatic heterocycles. The fourth-order valence-electron chi connectivity index (χ4n) is 4.17. The summed E-state index contributed by atoms with van der Waals surface area (Å²) < 4.78 is 6.52. The van der Waals surface area contributed by atoms with Gasteiger partial charge in [-0.05, 0) is 49.2 Å². The van der Waals surface area contributed by atoms with Gasteiger partial charge in [-0.15, -0.1) is 0 Å². The molecule has 0 saturated carbocycles. The molecule has 0 amide bonds. The lowest BCUT2D eigenvalue weighted by molar-refractivity contribution is -0.981. The van der Waals surface area contributed by atoms with Gasteiger partial charge >= 0.3 is 0 Å². The van der Waals surface area contributed by atoms with Gasteiger partial charge in [-0.2, -0.15) is 0 Å². The van der Waals surface area contributed by atoms with E-state index < -0.39 is 5.72 Å². The third kappa shape index (κ3) is 2.58. The second kappa shape index (κ2) is 6.10. The Balaban J connectivity index is 1.90. The van der Waals surface area contributed by atoms with Gasteiger partial charge in [-0.1, -0.05) is 35.3 Å². The molecule has 0 spiro atoms. The van der Waals surface area contributed by atoms with E-state index in [0.717, 1.165) is 34.3 Å². The highest BCUT2D eigenvalue weighted by Gasteiger charge is 2.55. The minimum Gasteiger partial charge on any atom is -0.313 e. The Hall–Kier alpha value is -1.06. The van der Waals surface area contributed by atoms with Gasteiger partial charge in [0.25, 0.3) is 5.72 Å². The van der Waals surface area contributed by atoms with Gasteiger partial charge in [-0.25, -0.2) is 0 Å². The van der Waals surface area contributed by atoms with Crippen LogP contribution in [-0.4, -0.2) is 19.2 Å². The van der Waals surface area contributed by atoms with Crippen LogP contribution in [0, 0.1) is 0 Å². The smallest absolute Gasteiger partial charge is 0.256 e. The van der Waals surface area contributed by atoms with Crippen molar-refractivity contribution in [2.75, 3.05) is 13.2 Å². The molecule has 0 radical (unpaired) electrons. The number of nitrogens with one attached hydrogen (secondary N) is 1. The lowest BCUT2D eigenvalue weighted by Gasteiger charge is -2.38. The zero-order chi connectivity index (χ0) is 15.9. The van der Waals surface area contributed by atoms with Crippen LogP contribution in [0.4, 0.5) is 0 Å². The van der Waals surface area contributed by atoms with Gasteiger partial charge in [0.2, 0.25) is 0 Å². The Morgan fingerprint density at radius 2 is 1.61 bits per heavy atom. The van der Waals surface area contributed by atoms with Gasteiger partial charge in [0, 0.05) is 27.6 Å². The molecule has 120 valence electrons. The Kier molecular flexibility index (Phi) is 4.10. The first-order valence-corrected chi connectivity index (χ1v) is 8.98. The molecule has 2 unspecified atom stereocenters. The summed E-state index contributed by atoms with van der Waals surface area (Å²) in [6.07, 6.45) is 3.75. The molecule has 4 heteroatoms. The van der Waals surface area contributed by atoms with Gasteiger partial charge < -0.3 is 4.74 Å². The molecule has 0 aliphatic carbocycles. The summed E-state index contributed by atoms with van der Waals surface area (Å²) >= 11 is 12.6. The lowest BCUT2D eigenvalue weighted by atomic mass is 9.90. The maximum absolute atomic E-state index is 6.52. The number of halogens is 2. The average Bonchev–Trinajstić information content (AvgIpc) is 2.95. The Labute approximate surface area is 147 Å². The van der Waals surface area contributed by atoms with Crippen molar-refractivity contribution in [1.82, 2.24) is 0 Å². The number of rotatable bonds is 2. The molecule has 2 aromatic carbocycles. The van der Waals surface area contributed by atoms with E-state index in [2.05, 4.69) is 12.1 Å². The maximum Gasteiger partial charge on any atom is 0.256 e. The molecule has 2 atom stereocenters. The quantitative estimate of drug-likeness (QED) is 0.874. The number of hydrogen-bond acceptors (Lipinski definition) is 1. The predicted octanol–water partition coefficient (Wildman–Crippen LogP) is 3.66. The third-order valence-electron chi connectivity index (χ3n) is 5.16. The van der Waals surface area contributed by atoms with Crippen LogP contribution in [0.15, 0.2) is 48.5 Å². The van der Waals surface area contributed by atoms with E-state index in [-0.39, 0.29) is 0 Å². The highest BCUT2D eigenvalue weighted by atomic mass is 35.5. The molecule has 2 fully saturated rings. The Morgan fingerprint density at radius 3 is 2.22 bits per heavy atom. The van der Waals surface area contributed by atoms with E-state index in [1.165, 1.54) is 24.2 Å². The average molecular weight is 349 g/mol. The first-order chi connectivity index (χ1) is 11.2. The molecule has 23 heavy (non-hydrogen) atoms. The largest absolute Gasteiger partial charge is 0.313 e. The van der Waals surface area contributed by atoms with Crippen molar-refractivity contribution in [2.24, 2.45) is 0 Å². The van der Waals surface area contributed by atoms with E-state index in [0.29, 0.717) is 6.04 Å². The molecule has 2 saturated heterocycles. The molecular formula is C19H20Cl2NO+. The summed E-state index contributed by atoms with van der Waals surface area (Å²) in [6.45, 7) is 1.90. The summed E-state index contributed by atoms with van der Waals surface area (Å²) in [5, 5.41) is 1.49. The minimum atomic E-state index is -0.499. The first kappa shape index (κ1) is 15.5. The molecule has 2 aliphatic heterocycles. The van der Waals surface area contributed by atoms with Crippen LogP contribution in [0.5, 0.6) is 0 Å². The van der Waals surface area contributed by atoms with Crippen LogP contribution in [0.1, 0.15) is 30.4 Å². The molecule has 2 aromatic rings. The predicted molar refractivity (Wildman–Crippen MR) is 93.1 cm³/mol. The third-order valence-corrected chi connectivity index (χ3v) is 5.63. The molecular weight excluding hydrogens is 329 g/mol. The minimum absolute atomic E-state index is 0.499. The van der Waals surface area contributed by atoms with Crippen LogP contribution in [0.2, 0.25) is 10.0 Å². The van der Waals surface area contributed by atoms with Gasteiger partial charge in [0.15, 0.2) is 0 Å². The SMILES string of the molecule is Clc1cccc(C2(c3cccc(Cl)c3)OCC3CCCC[NH+]32)c1. The van der Waals surface area contributed by atoms with E-state index in [1.54, 1.807) is 0 Å². The second-order valence-electron chi connectivity index (χ2n) is 6.48. The summed E-state index contributed by atoms with van der Waals surface area (Å²) in [5.41, 5.74) is 1.74. The van der Waals surface area contributed by atoms with Crippen molar-refractivity contribution >= 4 is 23.2 Å². The van der Waals surface area contributed by atoms with Crippen molar-refractivity contribution < 1.29 is 9.64 Å². The van der Waals surface area contributed by atoms with Crippen molar-refractivity contribution in [1.29, 1.82) is 0 Å².